The standard InChI is InChI=1S/C21H15N3O3/c22-14-10-15(24-21(27)11-6-2-1-3-7-11)16-17(18(14)23)20(26)13-9-5-4-8-12(13)19(16)25/h1-10H,22-23H2,(H,24,27). The molecule has 1 aliphatic carbocycles. The van der Waals surface area contributed by atoms with E-state index in [1.807, 2.05) is 0 Å². The van der Waals surface area contributed by atoms with Gasteiger partial charge in [0.05, 0.1) is 28.2 Å². The van der Waals surface area contributed by atoms with Crippen LogP contribution in [0.2, 0.25) is 0 Å². The number of benzene rings is 3. The van der Waals surface area contributed by atoms with Crippen molar-refractivity contribution in [3.8, 4) is 0 Å². The molecule has 0 saturated heterocycles. The lowest BCUT2D eigenvalue weighted by Crippen LogP contribution is -2.25. The highest BCUT2D eigenvalue weighted by molar-refractivity contribution is 6.33. The molecule has 0 spiro atoms. The van der Waals surface area contributed by atoms with Crippen molar-refractivity contribution in [1.82, 2.24) is 0 Å². The van der Waals surface area contributed by atoms with E-state index in [0.717, 1.165) is 0 Å². The fraction of sp³-hybridized carbons (Fsp3) is 0. The van der Waals surface area contributed by atoms with E-state index in [-0.39, 0.29) is 50.9 Å². The number of carbonyl (C=O) groups excluding carboxylic acids is 3. The van der Waals surface area contributed by atoms with Gasteiger partial charge in [-0.1, -0.05) is 42.5 Å². The first-order chi connectivity index (χ1) is 13.0. The Balaban J connectivity index is 1.88. The Labute approximate surface area is 154 Å². The smallest absolute Gasteiger partial charge is 0.255 e. The predicted molar refractivity (Wildman–Crippen MR) is 103 cm³/mol. The van der Waals surface area contributed by atoms with E-state index in [0.29, 0.717) is 5.56 Å². The molecule has 0 bridgehead atoms. The minimum absolute atomic E-state index is 0.0297. The van der Waals surface area contributed by atoms with Crippen LogP contribution in [0.5, 0.6) is 0 Å². The molecule has 1 amide bonds. The number of ketones is 2. The normalized spacial score (nSPS) is 12.3. The van der Waals surface area contributed by atoms with Gasteiger partial charge in [-0.2, -0.15) is 0 Å². The molecular formula is C21H15N3O3. The number of nitrogens with one attached hydrogen (secondary N) is 1. The maximum atomic E-state index is 13.1. The highest BCUT2D eigenvalue weighted by Gasteiger charge is 2.34. The van der Waals surface area contributed by atoms with Crippen LogP contribution in [0, 0.1) is 0 Å². The Morgan fingerprint density at radius 1 is 0.778 bits per heavy atom. The van der Waals surface area contributed by atoms with Gasteiger partial charge in [0.1, 0.15) is 0 Å². The van der Waals surface area contributed by atoms with Crippen LogP contribution in [0.15, 0.2) is 60.7 Å². The van der Waals surface area contributed by atoms with Crippen molar-refractivity contribution in [2.75, 3.05) is 16.8 Å². The summed E-state index contributed by atoms with van der Waals surface area (Å²) in [6.45, 7) is 0. The summed E-state index contributed by atoms with van der Waals surface area (Å²) in [7, 11) is 0. The summed E-state index contributed by atoms with van der Waals surface area (Å²) in [6.07, 6.45) is 0. The number of nitrogen functional groups attached to an aromatic ring is 2. The Hall–Kier alpha value is -3.93. The van der Waals surface area contributed by atoms with Gasteiger partial charge < -0.3 is 16.8 Å². The number of anilines is 3. The Bertz CT molecular complexity index is 1120. The van der Waals surface area contributed by atoms with Gasteiger partial charge in [0.25, 0.3) is 5.91 Å². The van der Waals surface area contributed by atoms with Crippen LogP contribution in [0.25, 0.3) is 0 Å². The molecule has 3 aromatic carbocycles. The van der Waals surface area contributed by atoms with Crippen molar-refractivity contribution >= 4 is 34.5 Å². The maximum Gasteiger partial charge on any atom is 0.255 e. The molecule has 6 nitrogen and oxygen atoms in total. The van der Waals surface area contributed by atoms with Gasteiger partial charge in [0.15, 0.2) is 11.6 Å². The molecule has 0 heterocycles. The molecule has 0 aromatic heterocycles. The minimum atomic E-state index is -0.416. The number of carbonyl (C=O) groups is 3. The van der Waals surface area contributed by atoms with Gasteiger partial charge in [-0.15, -0.1) is 0 Å². The second kappa shape index (κ2) is 6.10. The molecule has 4 rings (SSSR count). The zero-order valence-corrected chi connectivity index (χ0v) is 14.2. The topological polar surface area (TPSA) is 115 Å². The van der Waals surface area contributed by atoms with E-state index in [1.54, 1.807) is 54.6 Å². The highest BCUT2D eigenvalue weighted by Crippen LogP contribution is 2.38. The fourth-order valence-electron chi connectivity index (χ4n) is 3.22. The first-order valence-corrected chi connectivity index (χ1v) is 8.26. The Kier molecular flexibility index (Phi) is 3.74. The Morgan fingerprint density at radius 2 is 1.33 bits per heavy atom. The fourth-order valence-corrected chi connectivity index (χ4v) is 3.22. The molecule has 5 N–H and O–H groups in total. The highest BCUT2D eigenvalue weighted by atomic mass is 16.2. The summed E-state index contributed by atoms with van der Waals surface area (Å²) < 4.78 is 0. The average Bonchev–Trinajstić information content (AvgIpc) is 2.69. The predicted octanol–water partition coefficient (Wildman–Crippen LogP) is 2.88. The molecule has 3 aromatic rings. The molecular weight excluding hydrogens is 342 g/mol. The molecule has 6 heteroatoms. The molecule has 0 fully saturated rings. The summed E-state index contributed by atoms with van der Waals surface area (Å²) in [5, 5.41) is 2.69. The Morgan fingerprint density at radius 3 is 1.96 bits per heavy atom. The number of hydrogen-bond donors (Lipinski definition) is 3. The summed E-state index contributed by atoms with van der Waals surface area (Å²) in [5.41, 5.74) is 13.3. The minimum Gasteiger partial charge on any atom is -0.397 e. The van der Waals surface area contributed by atoms with Gasteiger partial charge >= 0.3 is 0 Å². The van der Waals surface area contributed by atoms with E-state index < -0.39 is 5.91 Å². The van der Waals surface area contributed by atoms with Crippen LogP contribution in [-0.4, -0.2) is 17.5 Å². The molecule has 0 atom stereocenters. The van der Waals surface area contributed by atoms with Crippen LogP contribution in [-0.2, 0) is 0 Å². The zero-order valence-electron chi connectivity index (χ0n) is 14.2. The third-order valence-electron chi connectivity index (χ3n) is 4.55. The van der Waals surface area contributed by atoms with E-state index in [2.05, 4.69) is 5.32 Å². The lowest BCUT2D eigenvalue weighted by Gasteiger charge is -2.23. The molecule has 0 unspecified atom stereocenters. The summed E-state index contributed by atoms with van der Waals surface area (Å²) in [4.78, 5) is 38.5. The SMILES string of the molecule is Nc1cc(NC(=O)c2ccccc2)c2c(c1N)C(=O)c1ccccc1C2=O. The van der Waals surface area contributed by atoms with Crippen molar-refractivity contribution in [1.29, 1.82) is 0 Å². The van der Waals surface area contributed by atoms with Gasteiger partial charge in [0.2, 0.25) is 0 Å². The maximum absolute atomic E-state index is 13.1. The van der Waals surface area contributed by atoms with Crippen molar-refractivity contribution < 1.29 is 14.4 Å². The lowest BCUT2D eigenvalue weighted by molar-refractivity contribution is 0.0979. The summed E-state index contributed by atoms with van der Waals surface area (Å²) in [6, 6.07) is 16.5. The number of amides is 1. The van der Waals surface area contributed by atoms with Crippen LogP contribution in [0.3, 0.4) is 0 Å². The summed E-state index contributed by atoms with van der Waals surface area (Å²) >= 11 is 0. The molecule has 0 aliphatic heterocycles. The van der Waals surface area contributed by atoms with Crippen molar-refractivity contribution in [3.63, 3.8) is 0 Å². The third kappa shape index (κ3) is 2.55. The number of fused-ring (bicyclic) bond motifs is 2. The molecule has 0 radical (unpaired) electrons. The molecule has 27 heavy (non-hydrogen) atoms. The van der Waals surface area contributed by atoms with Gasteiger partial charge in [-0.3, -0.25) is 14.4 Å². The van der Waals surface area contributed by atoms with E-state index in [1.165, 1.54) is 6.07 Å². The van der Waals surface area contributed by atoms with Gasteiger partial charge in [0, 0.05) is 16.7 Å². The van der Waals surface area contributed by atoms with Gasteiger partial charge in [-0.25, -0.2) is 0 Å². The second-order valence-corrected chi connectivity index (χ2v) is 6.20. The number of nitrogens with two attached hydrogens (primary N) is 2. The molecule has 0 saturated carbocycles. The van der Waals surface area contributed by atoms with Crippen LogP contribution in [0.4, 0.5) is 17.1 Å². The first kappa shape index (κ1) is 16.5. The van der Waals surface area contributed by atoms with Crippen molar-refractivity contribution in [2.45, 2.75) is 0 Å². The number of hydrogen-bond acceptors (Lipinski definition) is 5. The third-order valence-corrected chi connectivity index (χ3v) is 4.55. The lowest BCUT2D eigenvalue weighted by atomic mass is 9.82. The molecule has 1 aliphatic rings. The number of rotatable bonds is 2. The van der Waals surface area contributed by atoms with Crippen LogP contribution >= 0.6 is 0 Å². The van der Waals surface area contributed by atoms with E-state index in [4.69, 9.17) is 11.5 Å². The quantitative estimate of drug-likeness (QED) is 0.477. The van der Waals surface area contributed by atoms with Crippen molar-refractivity contribution in [3.05, 3.63) is 88.5 Å². The zero-order chi connectivity index (χ0) is 19.1. The van der Waals surface area contributed by atoms with E-state index >= 15 is 0 Å². The van der Waals surface area contributed by atoms with Gasteiger partial charge in [-0.05, 0) is 18.2 Å². The van der Waals surface area contributed by atoms with Crippen LogP contribution in [0.1, 0.15) is 42.2 Å². The van der Waals surface area contributed by atoms with Crippen LogP contribution < -0.4 is 16.8 Å². The first-order valence-electron chi connectivity index (χ1n) is 8.26. The monoisotopic (exact) mass is 357 g/mol. The summed E-state index contributed by atoms with van der Waals surface area (Å²) in [5.74, 6) is -1.18. The average molecular weight is 357 g/mol. The largest absolute Gasteiger partial charge is 0.397 e. The molecule has 132 valence electrons. The van der Waals surface area contributed by atoms with Crippen molar-refractivity contribution in [2.24, 2.45) is 0 Å². The second-order valence-electron chi connectivity index (χ2n) is 6.20. The van der Waals surface area contributed by atoms with E-state index in [9.17, 15) is 14.4 Å².